The van der Waals surface area contributed by atoms with Crippen LogP contribution < -0.4 is 5.32 Å². The zero-order valence-corrected chi connectivity index (χ0v) is 14.0. The van der Waals surface area contributed by atoms with Crippen LogP contribution in [0.25, 0.3) is 5.69 Å². The Balaban J connectivity index is 1.59. The van der Waals surface area contributed by atoms with Crippen LogP contribution in [0.4, 0.5) is 5.95 Å². The molecule has 0 saturated carbocycles. The van der Waals surface area contributed by atoms with Crippen molar-refractivity contribution in [3.05, 3.63) is 66.2 Å². The van der Waals surface area contributed by atoms with Gasteiger partial charge in [0.05, 0.1) is 5.69 Å². The average Bonchev–Trinajstić information content (AvgIpc) is 3.04. The zero-order valence-electron chi connectivity index (χ0n) is 14.0. The summed E-state index contributed by atoms with van der Waals surface area (Å²) in [5.41, 5.74) is 2.25. The number of hydrogen-bond acceptors (Lipinski definition) is 5. The molecule has 1 unspecified atom stereocenters. The molecule has 6 nitrogen and oxygen atoms in total. The van der Waals surface area contributed by atoms with Gasteiger partial charge >= 0.3 is 0 Å². The Labute approximate surface area is 142 Å². The van der Waals surface area contributed by atoms with E-state index in [1.54, 1.807) is 4.68 Å². The molecule has 0 aliphatic carbocycles. The normalized spacial score (nSPS) is 12.3. The van der Waals surface area contributed by atoms with Gasteiger partial charge in [-0.1, -0.05) is 53.6 Å². The summed E-state index contributed by atoms with van der Waals surface area (Å²) in [5.74, 6) is 0.654. The van der Waals surface area contributed by atoms with Crippen LogP contribution in [0, 0.1) is 0 Å². The van der Waals surface area contributed by atoms with Gasteiger partial charge in [0, 0.05) is 19.1 Å². The Hall–Kier alpha value is -2.73. The van der Waals surface area contributed by atoms with Crippen molar-refractivity contribution < 1.29 is 0 Å². The van der Waals surface area contributed by atoms with Crippen LogP contribution in [0.3, 0.4) is 0 Å². The highest BCUT2D eigenvalue weighted by Gasteiger charge is 2.12. The van der Waals surface area contributed by atoms with E-state index >= 15 is 0 Å². The van der Waals surface area contributed by atoms with Crippen LogP contribution in [0.1, 0.15) is 12.5 Å². The van der Waals surface area contributed by atoms with Crippen molar-refractivity contribution in [2.45, 2.75) is 19.5 Å². The van der Waals surface area contributed by atoms with Crippen LogP contribution in [0.15, 0.2) is 60.7 Å². The fraction of sp³-hybridized carbons (Fsp3) is 0.278. The molecule has 3 aromatic rings. The maximum absolute atomic E-state index is 4.10. The van der Waals surface area contributed by atoms with E-state index in [1.807, 2.05) is 36.4 Å². The van der Waals surface area contributed by atoms with Crippen molar-refractivity contribution in [1.82, 2.24) is 25.1 Å². The van der Waals surface area contributed by atoms with Crippen molar-refractivity contribution in [2.75, 3.05) is 18.9 Å². The summed E-state index contributed by atoms with van der Waals surface area (Å²) >= 11 is 0. The van der Waals surface area contributed by atoms with E-state index in [0.717, 1.165) is 18.8 Å². The van der Waals surface area contributed by atoms with Crippen LogP contribution in [-0.2, 0) is 6.54 Å². The molecule has 0 aliphatic heterocycles. The molecule has 0 amide bonds. The molecular formula is C18H22N6. The molecule has 1 aromatic heterocycles. The quantitative estimate of drug-likeness (QED) is 0.724. The second-order valence-electron chi connectivity index (χ2n) is 5.98. The van der Waals surface area contributed by atoms with E-state index in [0.29, 0.717) is 5.95 Å². The molecule has 0 aliphatic rings. The summed E-state index contributed by atoms with van der Waals surface area (Å²) < 4.78 is 1.72. The minimum atomic E-state index is 0.215. The Morgan fingerprint density at radius 3 is 2.42 bits per heavy atom. The second-order valence-corrected chi connectivity index (χ2v) is 5.98. The minimum absolute atomic E-state index is 0.215. The van der Waals surface area contributed by atoms with E-state index < -0.39 is 0 Å². The monoisotopic (exact) mass is 322 g/mol. The number of likely N-dealkylation sites (N-methyl/N-ethyl adjacent to an activating group) is 1. The third kappa shape index (κ3) is 4.17. The highest BCUT2D eigenvalue weighted by Crippen LogP contribution is 2.12. The molecule has 1 heterocycles. The summed E-state index contributed by atoms with van der Waals surface area (Å²) in [5, 5.41) is 15.3. The SMILES string of the molecule is CC(CN(C)Cc1ccccc1)Nc1nnnn1-c1ccccc1. The second kappa shape index (κ2) is 7.70. The fourth-order valence-electron chi connectivity index (χ4n) is 2.71. The Morgan fingerprint density at radius 1 is 1.04 bits per heavy atom. The molecule has 0 bridgehead atoms. The van der Waals surface area contributed by atoms with Gasteiger partial charge in [0.1, 0.15) is 0 Å². The van der Waals surface area contributed by atoms with E-state index in [2.05, 4.69) is 64.0 Å². The molecule has 1 N–H and O–H groups in total. The molecule has 0 fully saturated rings. The number of nitrogens with zero attached hydrogens (tertiary/aromatic N) is 5. The summed E-state index contributed by atoms with van der Waals surface area (Å²) in [6.45, 7) is 3.93. The average molecular weight is 322 g/mol. The zero-order chi connectivity index (χ0) is 16.8. The smallest absolute Gasteiger partial charge is 0.248 e. The first kappa shape index (κ1) is 16.1. The lowest BCUT2D eigenvalue weighted by Gasteiger charge is -2.22. The van der Waals surface area contributed by atoms with Crippen LogP contribution in [0.5, 0.6) is 0 Å². The first-order valence-corrected chi connectivity index (χ1v) is 8.05. The number of rotatable bonds is 7. The van der Waals surface area contributed by atoms with Gasteiger partial charge in [-0.25, -0.2) is 0 Å². The van der Waals surface area contributed by atoms with Crippen LogP contribution >= 0.6 is 0 Å². The summed E-state index contributed by atoms with van der Waals surface area (Å²) in [6.07, 6.45) is 0. The topological polar surface area (TPSA) is 58.9 Å². The lowest BCUT2D eigenvalue weighted by molar-refractivity contribution is 0.316. The summed E-state index contributed by atoms with van der Waals surface area (Å²) in [4.78, 5) is 2.28. The van der Waals surface area contributed by atoms with Gasteiger partial charge in [-0.2, -0.15) is 4.68 Å². The highest BCUT2D eigenvalue weighted by molar-refractivity contribution is 5.38. The maximum atomic E-state index is 4.10. The lowest BCUT2D eigenvalue weighted by atomic mass is 10.2. The standard InChI is InChI=1S/C18H22N6/c1-15(13-23(2)14-16-9-5-3-6-10-16)19-18-20-21-22-24(18)17-11-7-4-8-12-17/h3-12,15H,13-14H2,1-2H3,(H,19,20,22). The number of benzene rings is 2. The summed E-state index contributed by atoms with van der Waals surface area (Å²) in [7, 11) is 2.12. The Bertz CT molecular complexity index is 740. The number of tetrazole rings is 1. The fourth-order valence-corrected chi connectivity index (χ4v) is 2.71. The van der Waals surface area contributed by atoms with Crippen molar-refractivity contribution in [3.8, 4) is 5.69 Å². The molecule has 6 heteroatoms. The van der Waals surface area contributed by atoms with Crippen LogP contribution in [0.2, 0.25) is 0 Å². The van der Waals surface area contributed by atoms with Crippen molar-refractivity contribution in [2.24, 2.45) is 0 Å². The Morgan fingerprint density at radius 2 is 1.71 bits per heavy atom. The third-order valence-electron chi connectivity index (χ3n) is 3.73. The molecule has 24 heavy (non-hydrogen) atoms. The number of nitrogens with one attached hydrogen (secondary N) is 1. The first-order valence-electron chi connectivity index (χ1n) is 8.05. The number of aromatic nitrogens is 4. The van der Waals surface area contributed by atoms with Crippen LogP contribution in [-0.4, -0.2) is 44.7 Å². The first-order chi connectivity index (χ1) is 11.7. The molecule has 3 rings (SSSR count). The van der Waals surface area contributed by atoms with Crippen molar-refractivity contribution in [3.63, 3.8) is 0 Å². The molecule has 1 atom stereocenters. The third-order valence-corrected chi connectivity index (χ3v) is 3.73. The van der Waals surface area contributed by atoms with Gasteiger partial charge < -0.3 is 10.2 Å². The van der Waals surface area contributed by atoms with Gasteiger partial charge in [-0.05, 0) is 42.1 Å². The molecular weight excluding hydrogens is 300 g/mol. The Kier molecular flexibility index (Phi) is 5.18. The highest BCUT2D eigenvalue weighted by atomic mass is 15.6. The van der Waals surface area contributed by atoms with Gasteiger partial charge in [0.25, 0.3) is 0 Å². The number of para-hydroxylation sites is 1. The predicted octanol–water partition coefficient (Wildman–Crippen LogP) is 2.59. The molecule has 124 valence electrons. The maximum Gasteiger partial charge on any atom is 0.248 e. The van der Waals surface area contributed by atoms with Gasteiger partial charge in [-0.3, -0.25) is 0 Å². The largest absolute Gasteiger partial charge is 0.349 e. The van der Waals surface area contributed by atoms with E-state index in [1.165, 1.54) is 5.56 Å². The van der Waals surface area contributed by atoms with E-state index in [-0.39, 0.29) is 6.04 Å². The summed E-state index contributed by atoms with van der Waals surface area (Å²) in [6, 6.07) is 20.6. The van der Waals surface area contributed by atoms with Gasteiger partial charge in [-0.15, -0.1) is 0 Å². The van der Waals surface area contributed by atoms with Crippen molar-refractivity contribution >= 4 is 5.95 Å². The number of anilines is 1. The van der Waals surface area contributed by atoms with Crippen molar-refractivity contribution in [1.29, 1.82) is 0 Å². The molecule has 0 spiro atoms. The van der Waals surface area contributed by atoms with E-state index in [4.69, 9.17) is 0 Å². The predicted molar refractivity (Wildman–Crippen MR) is 95.0 cm³/mol. The van der Waals surface area contributed by atoms with Gasteiger partial charge in [0.2, 0.25) is 5.95 Å². The molecule has 2 aromatic carbocycles. The molecule has 0 saturated heterocycles. The van der Waals surface area contributed by atoms with E-state index in [9.17, 15) is 0 Å². The minimum Gasteiger partial charge on any atom is -0.349 e. The lowest BCUT2D eigenvalue weighted by Crippen LogP contribution is -2.32. The van der Waals surface area contributed by atoms with Gasteiger partial charge in [0.15, 0.2) is 0 Å². The number of hydrogen-bond donors (Lipinski definition) is 1. The molecule has 0 radical (unpaired) electrons.